The first-order chi connectivity index (χ1) is 6.57. The van der Waals surface area contributed by atoms with Gasteiger partial charge in [0.2, 0.25) is 0 Å². The Labute approximate surface area is 83.3 Å². The van der Waals surface area contributed by atoms with Crippen molar-refractivity contribution in [2.75, 3.05) is 0 Å². The van der Waals surface area contributed by atoms with Crippen LogP contribution in [0.4, 0.5) is 0 Å². The highest BCUT2D eigenvalue weighted by Gasteiger charge is 2.15. The lowest BCUT2D eigenvalue weighted by molar-refractivity contribution is -0.138. The minimum atomic E-state index is -0.114. The molecule has 1 aromatic carbocycles. The van der Waals surface area contributed by atoms with Gasteiger partial charge >= 0.3 is 0 Å². The predicted octanol–water partition coefficient (Wildman–Crippen LogP) is 2.86. The summed E-state index contributed by atoms with van der Waals surface area (Å²) in [5, 5.41) is 8.74. The molecule has 14 heavy (non-hydrogen) atoms. The molecule has 3 nitrogen and oxygen atoms in total. The molecule has 76 valence electrons. The lowest BCUT2D eigenvalue weighted by Gasteiger charge is -2.12. The maximum atomic E-state index is 11.2. The Hall–Kier alpha value is -1.35. The molecule has 0 amide bonds. The maximum Gasteiger partial charge on any atom is 0.179 e. The van der Waals surface area contributed by atoms with Gasteiger partial charge in [-0.05, 0) is 18.9 Å². The van der Waals surface area contributed by atoms with Crippen LogP contribution in [0.25, 0.3) is 0 Å². The molecule has 3 heteroatoms. The van der Waals surface area contributed by atoms with E-state index in [1.54, 1.807) is 12.1 Å². The van der Waals surface area contributed by atoms with Crippen molar-refractivity contribution in [3.05, 3.63) is 29.3 Å². The van der Waals surface area contributed by atoms with Crippen molar-refractivity contribution < 1.29 is 14.9 Å². The third kappa shape index (κ3) is 1.93. The van der Waals surface area contributed by atoms with E-state index in [9.17, 15) is 4.79 Å². The molecular formula is C11H14O3. The molecule has 0 heterocycles. The van der Waals surface area contributed by atoms with Crippen LogP contribution < -0.4 is 4.89 Å². The normalized spacial score (nSPS) is 10.4. The van der Waals surface area contributed by atoms with Crippen molar-refractivity contribution in [1.29, 1.82) is 0 Å². The van der Waals surface area contributed by atoms with Gasteiger partial charge in [-0.15, -0.1) is 0 Å². The third-order valence-corrected chi connectivity index (χ3v) is 2.14. The quantitative estimate of drug-likeness (QED) is 0.457. The van der Waals surface area contributed by atoms with Crippen LogP contribution in [-0.2, 0) is 0 Å². The fraction of sp³-hybridized carbons (Fsp3) is 0.364. The van der Waals surface area contributed by atoms with E-state index in [0.717, 1.165) is 5.56 Å². The molecule has 0 aliphatic heterocycles. The molecule has 0 aliphatic carbocycles. The summed E-state index contributed by atoms with van der Waals surface area (Å²) in [5.74, 6) is 0.364. The molecular weight excluding hydrogens is 180 g/mol. The first-order valence-corrected chi connectivity index (χ1v) is 4.53. The van der Waals surface area contributed by atoms with Crippen LogP contribution in [0.2, 0.25) is 0 Å². The van der Waals surface area contributed by atoms with Crippen molar-refractivity contribution in [2.24, 2.45) is 0 Å². The average molecular weight is 194 g/mol. The fourth-order valence-electron chi connectivity index (χ4n) is 1.39. The van der Waals surface area contributed by atoms with E-state index in [-0.39, 0.29) is 17.5 Å². The highest BCUT2D eigenvalue weighted by Crippen LogP contribution is 2.29. The van der Waals surface area contributed by atoms with E-state index in [1.165, 1.54) is 6.92 Å². The number of ketones is 1. The molecule has 0 aromatic heterocycles. The summed E-state index contributed by atoms with van der Waals surface area (Å²) in [6.07, 6.45) is 0. The molecule has 0 saturated heterocycles. The zero-order valence-corrected chi connectivity index (χ0v) is 8.57. The van der Waals surface area contributed by atoms with Gasteiger partial charge in [0.1, 0.15) is 0 Å². The van der Waals surface area contributed by atoms with Gasteiger partial charge in [-0.3, -0.25) is 4.79 Å². The standard InChI is InChI=1S/C11H14O3/c1-7(2)9-5-4-6-10(8(3)12)11(9)14-13/h4-7,13H,1-3H3. The largest absolute Gasteiger partial charge is 0.339 e. The van der Waals surface area contributed by atoms with Crippen LogP contribution in [-0.4, -0.2) is 11.0 Å². The average Bonchev–Trinajstić information content (AvgIpc) is 2.16. The fourth-order valence-corrected chi connectivity index (χ4v) is 1.39. The Morgan fingerprint density at radius 1 is 1.43 bits per heavy atom. The van der Waals surface area contributed by atoms with Crippen LogP contribution in [0.5, 0.6) is 5.75 Å². The molecule has 0 bridgehead atoms. The summed E-state index contributed by atoms with van der Waals surface area (Å²) in [6, 6.07) is 5.26. The van der Waals surface area contributed by atoms with Crippen LogP contribution in [0.15, 0.2) is 18.2 Å². The van der Waals surface area contributed by atoms with Gasteiger partial charge in [-0.1, -0.05) is 26.0 Å². The maximum absolute atomic E-state index is 11.2. The predicted molar refractivity (Wildman–Crippen MR) is 53.8 cm³/mol. The second-order valence-electron chi connectivity index (χ2n) is 3.53. The lowest BCUT2D eigenvalue weighted by atomic mass is 9.98. The summed E-state index contributed by atoms with van der Waals surface area (Å²) in [5.41, 5.74) is 1.25. The minimum absolute atomic E-state index is 0.114. The van der Waals surface area contributed by atoms with Crippen molar-refractivity contribution >= 4 is 5.78 Å². The summed E-state index contributed by atoms with van der Waals surface area (Å²) >= 11 is 0. The van der Waals surface area contributed by atoms with Crippen molar-refractivity contribution in [3.8, 4) is 5.75 Å². The summed E-state index contributed by atoms with van der Waals surface area (Å²) < 4.78 is 0. The van der Waals surface area contributed by atoms with Crippen LogP contribution in [0, 0.1) is 0 Å². The second-order valence-corrected chi connectivity index (χ2v) is 3.53. The van der Waals surface area contributed by atoms with Crippen molar-refractivity contribution in [3.63, 3.8) is 0 Å². The van der Waals surface area contributed by atoms with E-state index in [1.807, 2.05) is 19.9 Å². The molecule has 0 aliphatic rings. The van der Waals surface area contributed by atoms with Gasteiger partial charge in [0.05, 0.1) is 5.56 Å². The number of hydrogen-bond donors (Lipinski definition) is 1. The SMILES string of the molecule is CC(=O)c1cccc(C(C)C)c1OO. The zero-order valence-electron chi connectivity index (χ0n) is 8.57. The van der Waals surface area contributed by atoms with E-state index >= 15 is 0 Å². The van der Waals surface area contributed by atoms with Gasteiger partial charge in [-0.25, -0.2) is 5.26 Å². The van der Waals surface area contributed by atoms with Gasteiger partial charge in [-0.2, -0.15) is 0 Å². The smallest absolute Gasteiger partial charge is 0.179 e. The molecule has 1 N–H and O–H groups in total. The Balaban J connectivity index is 3.32. The molecule has 1 rings (SSSR count). The first-order valence-electron chi connectivity index (χ1n) is 4.53. The first kappa shape index (κ1) is 10.7. The molecule has 0 spiro atoms. The van der Waals surface area contributed by atoms with Crippen molar-refractivity contribution in [1.82, 2.24) is 0 Å². The van der Waals surface area contributed by atoms with E-state index in [4.69, 9.17) is 5.26 Å². The Bertz CT molecular complexity index is 342. The van der Waals surface area contributed by atoms with Crippen molar-refractivity contribution in [2.45, 2.75) is 26.7 Å². The Kier molecular flexibility index (Phi) is 3.25. The topological polar surface area (TPSA) is 46.5 Å². The van der Waals surface area contributed by atoms with Crippen LogP contribution >= 0.6 is 0 Å². The highest BCUT2D eigenvalue weighted by atomic mass is 17.1. The number of carbonyl (C=O) groups is 1. The third-order valence-electron chi connectivity index (χ3n) is 2.14. The Morgan fingerprint density at radius 3 is 2.50 bits per heavy atom. The van der Waals surface area contributed by atoms with Crippen LogP contribution in [0.1, 0.15) is 42.6 Å². The van der Waals surface area contributed by atoms with Gasteiger partial charge in [0.25, 0.3) is 0 Å². The number of Topliss-reactive ketones (excluding diaryl/α,β-unsaturated/α-hetero) is 1. The summed E-state index contributed by atoms with van der Waals surface area (Å²) in [4.78, 5) is 15.5. The van der Waals surface area contributed by atoms with Gasteiger partial charge < -0.3 is 4.89 Å². The number of rotatable bonds is 3. The Morgan fingerprint density at radius 2 is 2.07 bits per heavy atom. The number of hydrogen-bond acceptors (Lipinski definition) is 3. The second kappa shape index (κ2) is 4.24. The summed E-state index contributed by atoms with van der Waals surface area (Å²) in [7, 11) is 0. The zero-order chi connectivity index (χ0) is 10.7. The van der Waals surface area contributed by atoms with Gasteiger partial charge in [0, 0.05) is 5.56 Å². The van der Waals surface area contributed by atoms with E-state index < -0.39 is 0 Å². The highest BCUT2D eigenvalue weighted by molar-refractivity contribution is 5.97. The number of carbonyl (C=O) groups excluding carboxylic acids is 1. The van der Waals surface area contributed by atoms with Gasteiger partial charge in [0.15, 0.2) is 11.5 Å². The number of benzene rings is 1. The molecule has 0 saturated carbocycles. The minimum Gasteiger partial charge on any atom is -0.339 e. The monoisotopic (exact) mass is 194 g/mol. The molecule has 0 fully saturated rings. The van der Waals surface area contributed by atoms with E-state index in [2.05, 4.69) is 4.89 Å². The lowest BCUT2D eigenvalue weighted by Crippen LogP contribution is -2.02. The molecule has 0 unspecified atom stereocenters. The molecule has 0 atom stereocenters. The van der Waals surface area contributed by atoms with Crippen LogP contribution in [0.3, 0.4) is 0 Å². The molecule has 1 aromatic rings. The summed E-state index contributed by atoms with van der Waals surface area (Å²) in [6.45, 7) is 5.39. The van der Waals surface area contributed by atoms with E-state index in [0.29, 0.717) is 5.56 Å². The molecule has 0 radical (unpaired) electrons. The number of para-hydroxylation sites is 1.